The average Bonchev–Trinajstić information content (AvgIpc) is 2.30. The van der Waals surface area contributed by atoms with Crippen LogP contribution in [0.5, 0.6) is 0 Å². The normalized spacial score (nSPS) is 18.1. The average molecular weight is 220 g/mol. The fraction of sp³-hybridized carbons (Fsp3) is 0.667. The van der Waals surface area contributed by atoms with Crippen molar-refractivity contribution in [2.75, 3.05) is 18.0 Å². The van der Waals surface area contributed by atoms with Crippen molar-refractivity contribution < 1.29 is 0 Å². The van der Waals surface area contributed by atoms with Crippen molar-refractivity contribution in [3.05, 3.63) is 18.1 Å². The van der Waals surface area contributed by atoms with Crippen LogP contribution in [0.15, 0.2) is 12.4 Å². The number of hydrogen-bond acceptors (Lipinski definition) is 4. The smallest absolute Gasteiger partial charge is 0.147 e. The Bertz CT molecular complexity index is 325. The molecule has 1 aliphatic rings. The topological polar surface area (TPSA) is 55.0 Å². The second-order valence-electron chi connectivity index (χ2n) is 4.78. The highest BCUT2D eigenvalue weighted by Crippen LogP contribution is 2.17. The maximum atomic E-state index is 5.88. The van der Waals surface area contributed by atoms with Gasteiger partial charge in [0.1, 0.15) is 5.82 Å². The molecule has 0 unspecified atom stereocenters. The van der Waals surface area contributed by atoms with Crippen LogP contribution in [0.1, 0.15) is 38.3 Å². The van der Waals surface area contributed by atoms with Crippen LogP contribution in [0, 0.1) is 0 Å². The summed E-state index contributed by atoms with van der Waals surface area (Å²) in [7, 11) is 0. The molecule has 1 aromatic rings. The third kappa shape index (κ3) is 2.50. The minimum absolute atomic E-state index is 0.360. The number of hydrogen-bond donors (Lipinski definition) is 1. The number of aromatic nitrogens is 2. The first-order chi connectivity index (χ1) is 7.66. The van der Waals surface area contributed by atoms with Gasteiger partial charge in [-0.3, -0.25) is 4.98 Å². The number of rotatable bonds is 2. The van der Waals surface area contributed by atoms with Gasteiger partial charge in [-0.05, 0) is 18.8 Å². The van der Waals surface area contributed by atoms with E-state index in [0.29, 0.717) is 12.0 Å². The summed E-state index contributed by atoms with van der Waals surface area (Å²) in [6.45, 7) is 6.25. The second kappa shape index (κ2) is 4.78. The van der Waals surface area contributed by atoms with E-state index >= 15 is 0 Å². The predicted molar refractivity (Wildman–Crippen MR) is 65.5 cm³/mol. The highest BCUT2D eigenvalue weighted by molar-refractivity contribution is 5.36. The summed E-state index contributed by atoms with van der Waals surface area (Å²) in [5.41, 5.74) is 6.93. The van der Waals surface area contributed by atoms with E-state index in [2.05, 4.69) is 28.7 Å². The van der Waals surface area contributed by atoms with E-state index < -0.39 is 0 Å². The van der Waals surface area contributed by atoms with Crippen LogP contribution in [-0.4, -0.2) is 29.1 Å². The molecule has 2 heterocycles. The Kier molecular flexibility index (Phi) is 3.39. The molecule has 2 rings (SSSR count). The third-order valence-electron chi connectivity index (χ3n) is 3.11. The first-order valence-electron chi connectivity index (χ1n) is 5.99. The van der Waals surface area contributed by atoms with E-state index in [1.54, 1.807) is 0 Å². The molecule has 4 nitrogen and oxygen atoms in total. The van der Waals surface area contributed by atoms with Gasteiger partial charge in [-0.25, -0.2) is 4.98 Å². The Labute approximate surface area is 96.9 Å². The Hall–Kier alpha value is -1.16. The highest BCUT2D eigenvalue weighted by Gasteiger charge is 2.17. The van der Waals surface area contributed by atoms with Crippen molar-refractivity contribution in [3.63, 3.8) is 0 Å². The van der Waals surface area contributed by atoms with Gasteiger partial charge < -0.3 is 10.6 Å². The SMILES string of the molecule is CC(C)c1cnc(N2CCC(N)CC2)cn1. The van der Waals surface area contributed by atoms with Crippen LogP contribution < -0.4 is 10.6 Å². The molecular weight excluding hydrogens is 200 g/mol. The first-order valence-corrected chi connectivity index (χ1v) is 5.99. The maximum Gasteiger partial charge on any atom is 0.147 e. The van der Waals surface area contributed by atoms with E-state index in [0.717, 1.165) is 37.4 Å². The molecule has 0 aromatic carbocycles. The van der Waals surface area contributed by atoms with E-state index in [-0.39, 0.29) is 0 Å². The van der Waals surface area contributed by atoms with Gasteiger partial charge in [0.2, 0.25) is 0 Å². The van der Waals surface area contributed by atoms with Gasteiger partial charge in [0.15, 0.2) is 0 Å². The van der Waals surface area contributed by atoms with Crippen LogP contribution in [0.25, 0.3) is 0 Å². The lowest BCUT2D eigenvalue weighted by atomic mass is 10.1. The van der Waals surface area contributed by atoms with Crippen molar-refractivity contribution in [1.29, 1.82) is 0 Å². The lowest BCUT2D eigenvalue weighted by Crippen LogP contribution is -2.40. The largest absolute Gasteiger partial charge is 0.355 e. The number of nitrogens with zero attached hydrogens (tertiary/aromatic N) is 3. The summed E-state index contributed by atoms with van der Waals surface area (Å²) in [4.78, 5) is 11.2. The van der Waals surface area contributed by atoms with Crippen LogP contribution >= 0.6 is 0 Å². The molecule has 0 amide bonds. The molecule has 0 saturated carbocycles. The summed E-state index contributed by atoms with van der Waals surface area (Å²) in [5.74, 6) is 1.42. The number of nitrogens with two attached hydrogens (primary N) is 1. The quantitative estimate of drug-likeness (QED) is 0.821. The summed E-state index contributed by atoms with van der Waals surface area (Å²) in [5, 5.41) is 0. The first kappa shape index (κ1) is 11.3. The van der Waals surface area contributed by atoms with Crippen LogP contribution in [0.2, 0.25) is 0 Å². The molecule has 4 heteroatoms. The molecule has 16 heavy (non-hydrogen) atoms. The molecule has 1 fully saturated rings. The summed E-state index contributed by atoms with van der Waals surface area (Å²) in [6, 6.07) is 0.360. The minimum Gasteiger partial charge on any atom is -0.355 e. The zero-order chi connectivity index (χ0) is 11.5. The Morgan fingerprint density at radius 1 is 1.25 bits per heavy atom. The van der Waals surface area contributed by atoms with E-state index in [9.17, 15) is 0 Å². The number of piperidine rings is 1. The molecular formula is C12H20N4. The molecule has 0 atom stereocenters. The predicted octanol–water partition coefficient (Wildman–Crippen LogP) is 1.53. The molecule has 1 saturated heterocycles. The van der Waals surface area contributed by atoms with Gasteiger partial charge in [-0.1, -0.05) is 13.8 Å². The van der Waals surface area contributed by atoms with Gasteiger partial charge >= 0.3 is 0 Å². The van der Waals surface area contributed by atoms with E-state index in [4.69, 9.17) is 5.73 Å². The monoisotopic (exact) mass is 220 g/mol. The molecule has 0 radical (unpaired) electrons. The Balaban J connectivity index is 2.04. The fourth-order valence-electron chi connectivity index (χ4n) is 1.92. The Morgan fingerprint density at radius 2 is 1.94 bits per heavy atom. The standard InChI is InChI=1S/C12H20N4/c1-9(2)11-7-15-12(8-14-11)16-5-3-10(13)4-6-16/h7-10H,3-6,13H2,1-2H3. The third-order valence-corrected chi connectivity index (χ3v) is 3.11. The van der Waals surface area contributed by atoms with Gasteiger partial charge in [-0.15, -0.1) is 0 Å². The molecule has 1 aliphatic heterocycles. The zero-order valence-corrected chi connectivity index (χ0v) is 10.1. The summed E-state index contributed by atoms with van der Waals surface area (Å²) < 4.78 is 0. The molecule has 0 aliphatic carbocycles. The minimum atomic E-state index is 0.360. The summed E-state index contributed by atoms with van der Waals surface area (Å²) in [6.07, 6.45) is 5.86. The zero-order valence-electron chi connectivity index (χ0n) is 10.1. The van der Waals surface area contributed by atoms with Crippen molar-refractivity contribution in [2.24, 2.45) is 5.73 Å². The molecule has 2 N–H and O–H groups in total. The molecule has 0 bridgehead atoms. The van der Waals surface area contributed by atoms with Crippen molar-refractivity contribution >= 4 is 5.82 Å². The van der Waals surface area contributed by atoms with Gasteiger partial charge in [0.25, 0.3) is 0 Å². The summed E-state index contributed by atoms with van der Waals surface area (Å²) >= 11 is 0. The maximum absolute atomic E-state index is 5.88. The molecule has 1 aromatic heterocycles. The van der Waals surface area contributed by atoms with Gasteiger partial charge in [-0.2, -0.15) is 0 Å². The molecule has 0 spiro atoms. The van der Waals surface area contributed by atoms with Crippen molar-refractivity contribution in [1.82, 2.24) is 9.97 Å². The highest BCUT2D eigenvalue weighted by atomic mass is 15.2. The van der Waals surface area contributed by atoms with Crippen LogP contribution in [-0.2, 0) is 0 Å². The lowest BCUT2D eigenvalue weighted by Gasteiger charge is -2.30. The lowest BCUT2D eigenvalue weighted by molar-refractivity contribution is 0.498. The fourth-order valence-corrected chi connectivity index (χ4v) is 1.92. The van der Waals surface area contributed by atoms with Crippen LogP contribution in [0.3, 0.4) is 0 Å². The Morgan fingerprint density at radius 3 is 2.44 bits per heavy atom. The van der Waals surface area contributed by atoms with Crippen molar-refractivity contribution in [2.45, 2.75) is 38.6 Å². The second-order valence-corrected chi connectivity index (χ2v) is 4.78. The van der Waals surface area contributed by atoms with E-state index in [1.807, 2.05) is 12.4 Å². The van der Waals surface area contributed by atoms with Gasteiger partial charge in [0, 0.05) is 19.1 Å². The van der Waals surface area contributed by atoms with E-state index in [1.165, 1.54) is 0 Å². The molecule has 88 valence electrons. The van der Waals surface area contributed by atoms with Crippen LogP contribution in [0.4, 0.5) is 5.82 Å². The van der Waals surface area contributed by atoms with Crippen molar-refractivity contribution in [3.8, 4) is 0 Å². The van der Waals surface area contributed by atoms with Gasteiger partial charge in [0.05, 0.1) is 18.1 Å². The number of anilines is 1.